The lowest BCUT2D eigenvalue weighted by molar-refractivity contribution is 0.255. The average Bonchev–Trinajstić information content (AvgIpc) is 2.60. The van der Waals surface area contributed by atoms with Gasteiger partial charge in [0.1, 0.15) is 12.1 Å². The molecular weight excluding hydrogens is 276 g/mol. The van der Waals surface area contributed by atoms with Gasteiger partial charge in [0.05, 0.1) is 24.3 Å². The third-order valence-electron chi connectivity index (χ3n) is 4.88. The van der Waals surface area contributed by atoms with Crippen LogP contribution in [0.3, 0.4) is 0 Å². The Morgan fingerprint density at radius 3 is 1.32 bits per heavy atom. The predicted molar refractivity (Wildman–Crippen MR) is 76.7 cm³/mol. The van der Waals surface area contributed by atoms with E-state index in [-0.39, 0.29) is 0 Å². The molecule has 6 heteroatoms. The van der Waals surface area contributed by atoms with Crippen molar-refractivity contribution in [3.8, 4) is 24.3 Å². The maximum atomic E-state index is 9.37. The molecule has 2 rings (SSSR count). The van der Waals surface area contributed by atoms with Gasteiger partial charge in [0.25, 0.3) is 0 Å². The smallest absolute Gasteiger partial charge is 0.167 e. The second kappa shape index (κ2) is 6.55. The Morgan fingerprint density at radius 1 is 0.636 bits per heavy atom. The van der Waals surface area contributed by atoms with Crippen molar-refractivity contribution in [2.45, 2.75) is 63.5 Å². The van der Waals surface area contributed by atoms with Gasteiger partial charge in [-0.2, -0.15) is 31.3 Å². The Kier molecular flexibility index (Phi) is 4.75. The van der Waals surface area contributed by atoms with Crippen LogP contribution in [0.25, 0.3) is 0 Å². The monoisotopic (exact) mass is 294 g/mol. The summed E-state index contributed by atoms with van der Waals surface area (Å²) >= 11 is 0. The van der Waals surface area contributed by atoms with Crippen molar-refractivity contribution >= 4 is 0 Å². The quantitative estimate of drug-likeness (QED) is 0.724. The van der Waals surface area contributed by atoms with Crippen LogP contribution in [0, 0.1) is 56.2 Å². The summed E-state index contributed by atoms with van der Waals surface area (Å²) in [6, 6.07) is 7.53. The second-order valence-corrected chi connectivity index (χ2v) is 6.14. The van der Waals surface area contributed by atoms with E-state index in [0.717, 1.165) is 25.7 Å². The first kappa shape index (κ1) is 15.9. The first-order valence-electron chi connectivity index (χ1n) is 7.71. The Morgan fingerprint density at radius 2 is 1.00 bits per heavy atom. The predicted octanol–water partition coefficient (Wildman–Crippen LogP) is 3.39. The first-order valence-corrected chi connectivity index (χ1v) is 7.71. The Bertz CT molecular complexity index is 527. The molecule has 0 radical (unpaired) electrons. The zero-order valence-corrected chi connectivity index (χ0v) is 12.5. The molecule has 0 spiro atoms. The highest BCUT2D eigenvalue weighted by Crippen LogP contribution is 2.40. The molecule has 0 aromatic rings. The number of rotatable bonds is 2. The van der Waals surface area contributed by atoms with E-state index in [1.165, 1.54) is 0 Å². The van der Waals surface area contributed by atoms with Gasteiger partial charge in [-0.25, -0.2) is 0 Å². The second-order valence-electron chi connectivity index (χ2n) is 6.14. The van der Waals surface area contributed by atoms with Crippen LogP contribution in [0.2, 0.25) is 0 Å². The summed E-state index contributed by atoms with van der Waals surface area (Å²) in [6.45, 7) is 0. The van der Waals surface area contributed by atoms with Crippen LogP contribution < -0.4 is 0 Å². The lowest BCUT2D eigenvalue weighted by Crippen LogP contribution is -2.36. The molecule has 0 bridgehead atoms. The van der Waals surface area contributed by atoms with E-state index in [4.69, 9.17) is 0 Å². The van der Waals surface area contributed by atoms with Crippen molar-refractivity contribution in [2.24, 2.45) is 21.1 Å². The number of nitriles is 4. The molecule has 0 heterocycles. The van der Waals surface area contributed by atoms with Crippen LogP contribution in [0.4, 0.5) is 0 Å². The van der Waals surface area contributed by atoms with Crippen LogP contribution >= 0.6 is 0 Å². The third-order valence-corrected chi connectivity index (χ3v) is 4.88. The average molecular weight is 294 g/mol. The SMILES string of the molecule is N#CC1(C#N)CCCCC1/N=N/C1CCCCC1(C#N)C#N. The minimum absolute atomic E-state index is 0.451. The molecule has 2 aliphatic rings. The van der Waals surface area contributed by atoms with Crippen molar-refractivity contribution in [1.82, 2.24) is 0 Å². The van der Waals surface area contributed by atoms with Crippen LogP contribution in [0.1, 0.15) is 51.4 Å². The lowest BCUT2D eigenvalue weighted by atomic mass is 9.72. The molecule has 2 saturated carbocycles. The van der Waals surface area contributed by atoms with Gasteiger partial charge in [0.2, 0.25) is 0 Å². The number of azo groups is 1. The van der Waals surface area contributed by atoms with Gasteiger partial charge in [-0.05, 0) is 25.7 Å². The molecule has 0 N–H and O–H groups in total. The highest BCUT2D eigenvalue weighted by Gasteiger charge is 2.45. The van der Waals surface area contributed by atoms with Crippen LogP contribution in [0.5, 0.6) is 0 Å². The van der Waals surface area contributed by atoms with E-state index >= 15 is 0 Å². The van der Waals surface area contributed by atoms with Gasteiger partial charge in [-0.15, -0.1) is 0 Å². The largest absolute Gasteiger partial charge is 0.196 e. The van der Waals surface area contributed by atoms with E-state index < -0.39 is 22.9 Å². The van der Waals surface area contributed by atoms with Gasteiger partial charge >= 0.3 is 0 Å². The van der Waals surface area contributed by atoms with E-state index in [0.29, 0.717) is 25.7 Å². The zero-order valence-electron chi connectivity index (χ0n) is 12.5. The summed E-state index contributed by atoms with van der Waals surface area (Å²) in [5.74, 6) is 0. The first-order chi connectivity index (χ1) is 10.7. The Hall–Kier alpha value is -2.44. The highest BCUT2D eigenvalue weighted by molar-refractivity contribution is 5.22. The Labute approximate surface area is 130 Å². The molecule has 2 aliphatic carbocycles. The molecule has 2 unspecified atom stereocenters. The summed E-state index contributed by atoms with van der Waals surface area (Å²) in [5.41, 5.74) is -2.23. The maximum Gasteiger partial charge on any atom is 0.167 e. The normalized spacial score (nSPS) is 29.6. The molecule has 0 saturated heterocycles. The van der Waals surface area contributed by atoms with Gasteiger partial charge in [0, 0.05) is 0 Å². The summed E-state index contributed by atoms with van der Waals surface area (Å²) < 4.78 is 0. The van der Waals surface area contributed by atoms with Gasteiger partial charge in [0.15, 0.2) is 10.8 Å². The fraction of sp³-hybridized carbons (Fsp3) is 0.750. The molecule has 112 valence electrons. The van der Waals surface area contributed by atoms with Crippen LogP contribution in [0.15, 0.2) is 10.2 Å². The van der Waals surface area contributed by atoms with E-state index in [1.54, 1.807) is 0 Å². The topological polar surface area (TPSA) is 120 Å². The Balaban J connectivity index is 2.23. The molecule has 2 atom stereocenters. The van der Waals surface area contributed by atoms with Crippen LogP contribution in [-0.4, -0.2) is 12.1 Å². The fourth-order valence-electron chi connectivity index (χ4n) is 3.35. The molecule has 0 aliphatic heterocycles. The summed E-state index contributed by atoms with van der Waals surface area (Å²) in [7, 11) is 0. The summed E-state index contributed by atoms with van der Waals surface area (Å²) in [6.07, 6.45) is 5.86. The minimum Gasteiger partial charge on any atom is -0.196 e. The van der Waals surface area contributed by atoms with Crippen molar-refractivity contribution in [1.29, 1.82) is 21.0 Å². The lowest BCUT2D eigenvalue weighted by Gasteiger charge is -2.32. The van der Waals surface area contributed by atoms with E-state index in [2.05, 4.69) is 34.5 Å². The molecule has 2 fully saturated rings. The zero-order chi connectivity index (χ0) is 16.1. The van der Waals surface area contributed by atoms with E-state index in [1.807, 2.05) is 0 Å². The standard InChI is InChI=1S/C16H18N6/c17-9-15(10-18)7-3-1-5-13(15)21-22-14-6-2-4-8-16(14,11-19)12-20/h13-14H,1-8H2/b22-21+. The minimum atomic E-state index is -1.11. The van der Waals surface area contributed by atoms with Crippen molar-refractivity contribution in [2.75, 3.05) is 0 Å². The van der Waals surface area contributed by atoms with Crippen molar-refractivity contribution < 1.29 is 0 Å². The molecule has 6 nitrogen and oxygen atoms in total. The molecular formula is C16H18N6. The number of hydrogen-bond acceptors (Lipinski definition) is 6. The molecule has 0 amide bonds. The van der Waals surface area contributed by atoms with Crippen molar-refractivity contribution in [3.63, 3.8) is 0 Å². The summed E-state index contributed by atoms with van der Waals surface area (Å²) in [5, 5.41) is 46.0. The fourth-order valence-corrected chi connectivity index (χ4v) is 3.35. The molecule has 0 aromatic heterocycles. The molecule has 0 aromatic carbocycles. The van der Waals surface area contributed by atoms with Crippen LogP contribution in [-0.2, 0) is 0 Å². The number of hydrogen-bond donors (Lipinski definition) is 0. The maximum absolute atomic E-state index is 9.37. The molecule has 22 heavy (non-hydrogen) atoms. The highest BCUT2D eigenvalue weighted by atomic mass is 15.2. The third kappa shape index (κ3) is 2.66. The van der Waals surface area contributed by atoms with E-state index in [9.17, 15) is 21.0 Å². The van der Waals surface area contributed by atoms with Gasteiger partial charge < -0.3 is 0 Å². The summed E-state index contributed by atoms with van der Waals surface area (Å²) in [4.78, 5) is 0. The van der Waals surface area contributed by atoms with Gasteiger partial charge in [-0.3, -0.25) is 0 Å². The van der Waals surface area contributed by atoms with Gasteiger partial charge in [-0.1, -0.05) is 25.7 Å². The van der Waals surface area contributed by atoms with Crippen molar-refractivity contribution in [3.05, 3.63) is 0 Å². The number of nitrogens with zero attached hydrogens (tertiary/aromatic N) is 6.